The van der Waals surface area contributed by atoms with Gasteiger partial charge in [-0.3, -0.25) is 15.6 Å². The van der Waals surface area contributed by atoms with Crippen molar-refractivity contribution >= 4 is 52.3 Å². The summed E-state index contributed by atoms with van der Waals surface area (Å²) < 4.78 is 0. The Kier molecular flexibility index (Phi) is 6.90. The molecule has 2 aromatic rings. The minimum Gasteiger partial charge on any atom is -0.331 e. The predicted octanol–water partition coefficient (Wildman–Crippen LogP) is 4.07. The van der Waals surface area contributed by atoms with Crippen molar-refractivity contribution in [1.29, 1.82) is 0 Å². The van der Waals surface area contributed by atoms with Gasteiger partial charge in [-0.15, -0.1) is 11.8 Å². The monoisotopic (exact) mass is 379 g/mol. The summed E-state index contributed by atoms with van der Waals surface area (Å²) in [4.78, 5) is 12.9. The molecule has 0 aliphatic carbocycles. The average molecular weight is 380 g/mol. The minimum atomic E-state index is -0.160. The van der Waals surface area contributed by atoms with E-state index in [-0.39, 0.29) is 5.91 Å². The molecular weight excluding hydrogens is 362 g/mol. The zero-order valence-corrected chi connectivity index (χ0v) is 15.7. The number of rotatable bonds is 4. The van der Waals surface area contributed by atoms with E-state index in [9.17, 15) is 4.79 Å². The number of thiocarbonyl (C=S) groups is 1. The lowest BCUT2D eigenvalue weighted by atomic mass is 10.2. The van der Waals surface area contributed by atoms with Crippen LogP contribution in [0.15, 0.2) is 47.4 Å². The van der Waals surface area contributed by atoms with Gasteiger partial charge >= 0.3 is 0 Å². The van der Waals surface area contributed by atoms with Crippen molar-refractivity contribution in [2.45, 2.75) is 18.7 Å². The van der Waals surface area contributed by atoms with Gasteiger partial charge in [-0.05, 0) is 55.9 Å². The number of nitrogens with one attached hydrogen (secondary N) is 3. The maximum Gasteiger partial charge on any atom is 0.248 e. The molecule has 0 atom stereocenters. The van der Waals surface area contributed by atoms with Gasteiger partial charge in [0, 0.05) is 15.6 Å². The number of aryl methyl sites for hydroxylation is 2. The predicted molar refractivity (Wildman–Crippen MR) is 106 cm³/mol. The summed E-state index contributed by atoms with van der Waals surface area (Å²) in [7, 11) is 0. The summed E-state index contributed by atoms with van der Waals surface area (Å²) in [6.45, 7) is 3.95. The van der Waals surface area contributed by atoms with Crippen LogP contribution in [0.5, 0.6) is 0 Å². The fourth-order valence-corrected chi connectivity index (χ4v) is 2.83. The first kappa shape index (κ1) is 18.6. The molecule has 0 unspecified atom stereocenters. The first-order valence-corrected chi connectivity index (χ1v) is 9.02. The van der Waals surface area contributed by atoms with Crippen molar-refractivity contribution in [2.24, 2.45) is 0 Å². The van der Waals surface area contributed by atoms with Gasteiger partial charge in [-0.1, -0.05) is 35.4 Å². The molecule has 0 saturated carbocycles. The lowest BCUT2D eigenvalue weighted by Crippen LogP contribution is -2.44. The molecule has 1 amide bonds. The van der Waals surface area contributed by atoms with E-state index >= 15 is 0 Å². The molecule has 0 aromatic heterocycles. The van der Waals surface area contributed by atoms with Crippen molar-refractivity contribution in [2.75, 3.05) is 11.1 Å². The van der Waals surface area contributed by atoms with Crippen LogP contribution in [0.3, 0.4) is 0 Å². The van der Waals surface area contributed by atoms with Gasteiger partial charge in [-0.2, -0.15) is 0 Å². The third-order valence-corrected chi connectivity index (χ3v) is 4.76. The fourth-order valence-electron chi connectivity index (χ4n) is 1.78. The highest BCUT2D eigenvalue weighted by Crippen LogP contribution is 2.20. The van der Waals surface area contributed by atoms with Gasteiger partial charge in [0.25, 0.3) is 0 Å². The third-order valence-electron chi connectivity index (χ3n) is 3.14. The molecule has 2 aromatic carbocycles. The van der Waals surface area contributed by atoms with Gasteiger partial charge in [-0.25, -0.2) is 0 Å². The Morgan fingerprint density at radius 2 is 1.83 bits per heavy atom. The average Bonchev–Trinajstić information content (AvgIpc) is 2.56. The Bertz CT molecular complexity index is 735. The number of carbonyl (C=O) groups is 1. The van der Waals surface area contributed by atoms with Crippen LogP contribution in [-0.2, 0) is 4.79 Å². The second-order valence-corrected chi connectivity index (χ2v) is 7.06. The Morgan fingerprint density at radius 1 is 1.12 bits per heavy atom. The molecule has 2 rings (SSSR count). The summed E-state index contributed by atoms with van der Waals surface area (Å²) in [6.07, 6.45) is 0. The Hall–Kier alpha value is -1.76. The molecule has 3 N–H and O–H groups in total. The number of thioether (sulfide) groups is 1. The van der Waals surface area contributed by atoms with Crippen molar-refractivity contribution in [3.63, 3.8) is 0 Å². The number of hydrazine groups is 1. The minimum absolute atomic E-state index is 0.160. The quantitative estimate of drug-likeness (QED) is 0.425. The highest BCUT2D eigenvalue weighted by atomic mass is 35.5. The number of amides is 1. The largest absolute Gasteiger partial charge is 0.331 e. The van der Waals surface area contributed by atoms with Gasteiger partial charge < -0.3 is 5.32 Å². The van der Waals surface area contributed by atoms with Gasteiger partial charge in [0.1, 0.15) is 0 Å². The molecule has 24 heavy (non-hydrogen) atoms. The SMILES string of the molecule is Cc1ccc(SCC(=O)NNC(=S)Nc2ccc(C)c(Cl)c2)cc1. The zero-order chi connectivity index (χ0) is 17.5. The van der Waals surface area contributed by atoms with Gasteiger partial charge in [0.15, 0.2) is 5.11 Å². The van der Waals surface area contributed by atoms with Crippen molar-refractivity contribution in [3.8, 4) is 0 Å². The molecule has 0 aliphatic rings. The molecule has 0 radical (unpaired) electrons. The van der Waals surface area contributed by atoms with Crippen LogP contribution in [0.4, 0.5) is 5.69 Å². The van der Waals surface area contributed by atoms with E-state index in [2.05, 4.69) is 16.2 Å². The number of carbonyl (C=O) groups excluding carboxylic acids is 1. The second kappa shape index (κ2) is 8.92. The Labute approximate surface area is 156 Å². The van der Waals surface area contributed by atoms with Gasteiger partial charge in [0.05, 0.1) is 5.75 Å². The molecule has 0 fully saturated rings. The van der Waals surface area contributed by atoms with Crippen LogP contribution in [0.25, 0.3) is 0 Å². The van der Waals surface area contributed by atoms with E-state index in [1.807, 2.05) is 50.2 Å². The highest BCUT2D eigenvalue weighted by Gasteiger charge is 2.04. The number of anilines is 1. The normalized spacial score (nSPS) is 10.1. The van der Waals surface area contributed by atoms with Crippen LogP contribution >= 0.6 is 35.6 Å². The summed E-state index contributed by atoms with van der Waals surface area (Å²) in [5, 5.41) is 3.91. The maximum atomic E-state index is 11.8. The number of hydrogen-bond donors (Lipinski definition) is 3. The molecular formula is C17H18ClN3OS2. The molecule has 126 valence electrons. The molecule has 0 saturated heterocycles. The van der Waals surface area contributed by atoms with Crippen LogP contribution in [0.2, 0.25) is 5.02 Å². The third kappa shape index (κ3) is 6.03. The Morgan fingerprint density at radius 3 is 2.50 bits per heavy atom. The van der Waals surface area contributed by atoms with Crippen molar-refractivity contribution < 1.29 is 4.79 Å². The standard InChI is InChI=1S/C17H18ClN3OS2/c1-11-3-7-14(8-4-11)24-10-16(22)20-21-17(23)19-13-6-5-12(2)15(18)9-13/h3-9H,10H2,1-2H3,(H,20,22)(H2,19,21,23). The molecule has 0 spiro atoms. The van der Waals surface area contributed by atoms with E-state index in [1.54, 1.807) is 6.07 Å². The van der Waals surface area contributed by atoms with E-state index in [4.69, 9.17) is 23.8 Å². The van der Waals surface area contributed by atoms with E-state index in [0.717, 1.165) is 16.1 Å². The topological polar surface area (TPSA) is 53.2 Å². The smallest absolute Gasteiger partial charge is 0.248 e. The summed E-state index contributed by atoms with van der Waals surface area (Å²) in [6, 6.07) is 13.6. The molecule has 0 aliphatic heterocycles. The molecule has 7 heteroatoms. The van der Waals surface area contributed by atoms with E-state index in [1.165, 1.54) is 17.3 Å². The maximum absolute atomic E-state index is 11.8. The zero-order valence-electron chi connectivity index (χ0n) is 13.4. The van der Waals surface area contributed by atoms with E-state index in [0.29, 0.717) is 15.9 Å². The summed E-state index contributed by atoms with van der Waals surface area (Å²) >= 11 is 12.7. The highest BCUT2D eigenvalue weighted by molar-refractivity contribution is 8.00. The number of hydrogen-bond acceptors (Lipinski definition) is 3. The first-order valence-electron chi connectivity index (χ1n) is 7.25. The molecule has 0 heterocycles. The number of halogens is 1. The van der Waals surface area contributed by atoms with Crippen LogP contribution in [0, 0.1) is 13.8 Å². The fraction of sp³-hybridized carbons (Fsp3) is 0.176. The van der Waals surface area contributed by atoms with Crippen LogP contribution < -0.4 is 16.2 Å². The first-order chi connectivity index (χ1) is 11.4. The van der Waals surface area contributed by atoms with Crippen molar-refractivity contribution in [1.82, 2.24) is 10.9 Å². The Balaban J connectivity index is 1.73. The lowest BCUT2D eigenvalue weighted by Gasteiger charge is -2.12. The van der Waals surface area contributed by atoms with E-state index < -0.39 is 0 Å². The van der Waals surface area contributed by atoms with Crippen LogP contribution in [0.1, 0.15) is 11.1 Å². The summed E-state index contributed by atoms with van der Waals surface area (Å²) in [5.74, 6) is 0.140. The van der Waals surface area contributed by atoms with Crippen LogP contribution in [-0.4, -0.2) is 16.8 Å². The molecule has 4 nitrogen and oxygen atoms in total. The van der Waals surface area contributed by atoms with Gasteiger partial charge in [0.2, 0.25) is 5.91 Å². The molecule has 0 bridgehead atoms. The number of benzene rings is 2. The lowest BCUT2D eigenvalue weighted by molar-refractivity contribution is -0.119. The summed E-state index contributed by atoms with van der Waals surface area (Å²) in [5.41, 5.74) is 8.18. The van der Waals surface area contributed by atoms with Crippen molar-refractivity contribution in [3.05, 3.63) is 58.6 Å². The second-order valence-electron chi connectivity index (χ2n) is 5.19.